The molecule has 100 valence electrons. The summed E-state index contributed by atoms with van der Waals surface area (Å²) >= 11 is 0. The predicted molar refractivity (Wildman–Crippen MR) is 72.7 cm³/mol. The van der Waals surface area contributed by atoms with E-state index in [0.29, 0.717) is 6.42 Å². The Labute approximate surface area is 112 Å². The van der Waals surface area contributed by atoms with Gasteiger partial charge in [-0.15, -0.1) is 0 Å². The summed E-state index contributed by atoms with van der Waals surface area (Å²) in [5.41, 5.74) is 1.96. The molecule has 0 spiro atoms. The van der Waals surface area contributed by atoms with Gasteiger partial charge in [-0.05, 0) is 37.2 Å². The van der Waals surface area contributed by atoms with Gasteiger partial charge in [-0.3, -0.25) is 4.98 Å². The molecule has 0 saturated heterocycles. The van der Waals surface area contributed by atoms with Gasteiger partial charge < -0.3 is 10.1 Å². The van der Waals surface area contributed by atoms with E-state index in [4.69, 9.17) is 4.74 Å². The molecule has 0 amide bonds. The van der Waals surface area contributed by atoms with Crippen LogP contribution in [-0.4, -0.2) is 19.1 Å². The second-order valence-electron chi connectivity index (χ2n) is 4.29. The summed E-state index contributed by atoms with van der Waals surface area (Å²) in [4.78, 5) is 4.04. The lowest BCUT2D eigenvalue weighted by Gasteiger charge is -2.19. The van der Waals surface area contributed by atoms with Crippen molar-refractivity contribution in [1.29, 1.82) is 0 Å². The van der Waals surface area contributed by atoms with Crippen LogP contribution in [0.4, 0.5) is 4.39 Å². The second kappa shape index (κ2) is 6.29. The standard InChI is InChI=1S/C15H17FN2O/c1-17-14(9-11-4-3-5-12(16)8-11)13-6-7-18-10-15(13)19-2/h3-8,10,14,17H,9H2,1-2H3. The van der Waals surface area contributed by atoms with Crippen molar-refractivity contribution in [2.45, 2.75) is 12.5 Å². The van der Waals surface area contributed by atoms with Crippen LogP contribution in [0.25, 0.3) is 0 Å². The molecule has 0 fully saturated rings. The van der Waals surface area contributed by atoms with E-state index in [1.54, 1.807) is 31.6 Å². The normalized spacial score (nSPS) is 12.2. The number of aromatic nitrogens is 1. The molecular formula is C15H17FN2O. The van der Waals surface area contributed by atoms with Crippen molar-refractivity contribution in [2.24, 2.45) is 0 Å². The minimum absolute atomic E-state index is 0.0553. The molecule has 0 aliphatic rings. The molecule has 2 rings (SSSR count). The van der Waals surface area contributed by atoms with Crippen LogP contribution in [0.3, 0.4) is 0 Å². The number of hydrogen-bond donors (Lipinski definition) is 1. The van der Waals surface area contributed by atoms with Gasteiger partial charge in [0.2, 0.25) is 0 Å². The molecule has 0 bridgehead atoms. The number of benzene rings is 1. The molecule has 0 aliphatic carbocycles. The van der Waals surface area contributed by atoms with Gasteiger partial charge in [0, 0.05) is 17.8 Å². The average molecular weight is 260 g/mol. The smallest absolute Gasteiger partial charge is 0.141 e. The molecule has 0 radical (unpaired) electrons. The van der Waals surface area contributed by atoms with E-state index >= 15 is 0 Å². The Kier molecular flexibility index (Phi) is 4.47. The molecule has 1 atom stereocenters. The highest BCUT2D eigenvalue weighted by Gasteiger charge is 2.15. The molecule has 0 saturated carbocycles. The number of pyridine rings is 1. The lowest BCUT2D eigenvalue weighted by atomic mass is 9.99. The van der Waals surface area contributed by atoms with Crippen LogP contribution in [0.15, 0.2) is 42.7 Å². The van der Waals surface area contributed by atoms with E-state index in [2.05, 4.69) is 10.3 Å². The molecule has 1 aromatic heterocycles. The molecule has 4 heteroatoms. The Morgan fingerprint density at radius 2 is 2.21 bits per heavy atom. The van der Waals surface area contributed by atoms with Crippen LogP contribution in [-0.2, 0) is 6.42 Å². The molecule has 1 aromatic carbocycles. The van der Waals surface area contributed by atoms with Gasteiger partial charge in [0.05, 0.1) is 13.3 Å². The zero-order valence-electron chi connectivity index (χ0n) is 11.1. The number of hydrogen-bond acceptors (Lipinski definition) is 3. The van der Waals surface area contributed by atoms with Crippen molar-refractivity contribution in [3.05, 3.63) is 59.7 Å². The van der Waals surface area contributed by atoms with Gasteiger partial charge >= 0.3 is 0 Å². The van der Waals surface area contributed by atoms with Crippen molar-refractivity contribution in [3.8, 4) is 5.75 Å². The molecule has 19 heavy (non-hydrogen) atoms. The summed E-state index contributed by atoms with van der Waals surface area (Å²) in [6.07, 6.45) is 4.10. The van der Waals surface area contributed by atoms with Gasteiger partial charge in [-0.2, -0.15) is 0 Å². The third-order valence-electron chi connectivity index (χ3n) is 3.09. The largest absolute Gasteiger partial charge is 0.495 e. The van der Waals surface area contributed by atoms with Gasteiger partial charge in [-0.25, -0.2) is 4.39 Å². The van der Waals surface area contributed by atoms with Gasteiger partial charge in [0.1, 0.15) is 11.6 Å². The predicted octanol–water partition coefficient (Wildman–Crippen LogP) is 2.73. The Hall–Kier alpha value is -1.94. The average Bonchev–Trinajstić information content (AvgIpc) is 2.45. The summed E-state index contributed by atoms with van der Waals surface area (Å²) in [5, 5.41) is 3.23. The lowest BCUT2D eigenvalue weighted by Crippen LogP contribution is -2.19. The summed E-state index contributed by atoms with van der Waals surface area (Å²) in [6.45, 7) is 0. The summed E-state index contributed by atoms with van der Waals surface area (Å²) in [5.74, 6) is 0.521. The number of nitrogens with one attached hydrogen (secondary N) is 1. The molecular weight excluding hydrogens is 243 g/mol. The quantitative estimate of drug-likeness (QED) is 0.897. The zero-order valence-corrected chi connectivity index (χ0v) is 11.1. The third kappa shape index (κ3) is 3.29. The van der Waals surface area contributed by atoms with Gasteiger partial charge in [0.25, 0.3) is 0 Å². The summed E-state index contributed by atoms with van der Waals surface area (Å²) in [6, 6.07) is 8.62. The van der Waals surface area contributed by atoms with Crippen LogP contribution in [0.1, 0.15) is 17.2 Å². The van der Waals surface area contributed by atoms with E-state index in [1.807, 2.05) is 19.2 Å². The van der Waals surface area contributed by atoms with Gasteiger partial charge in [0.15, 0.2) is 0 Å². The molecule has 1 heterocycles. The first kappa shape index (κ1) is 13.5. The highest BCUT2D eigenvalue weighted by Crippen LogP contribution is 2.26. The Bertz CT molecular complexity index is 545. The first-order chi connectivity index (χ1) is 9.24. The molecule has 3 nitrogen and oxygen atoms in total. The van der Waals surface area contributed by atoms with Crippen molar-refractivity contribution in [2.75, 3.05) is 14.2 Å². The van der Waals surface area contributed by atoms with E-state index < -0.39 is 0 Å². The van der Waals surface area contributed by atoms with Crippen LogP contribution < -0.4 is 10.1 Å². The monoisotopic (exact) mass is 260 g/mol. The fourth-order valence-electron chi connectivity index (χ4n) is 2.12. The molecule has 1 N–H and O–H groups in total. The minimum Gasteiger partial charge on any atom is -0.495 e. The Morgan fingerprint density at radius 1 is 1.37 bits per heavy atom. The lowest BCUT2D eigenvalue weighted by molar-refractivity contribution is 0.399. The fraction of sp³-hybridized carbons (Fsp3) is 0.267. The maximum atomic E-state index is 13.2. The van der Waals surface area contributed by atoms with Crippen LogP contribution in [0.2, 0.25) is 0 Å². The van der Waals surface area contributed by atoms with E-state index in [9.17, 15) is 4.39 Å². The number of methoxy groups -OCH3 is 1. The maximum Gasteiger partial charge on any atom is 0.141 e. The third-order valence-corrected chi connectivity index (χ3v) is 3.09. The SMILES string of the molecule is CNC(Cc1cccc(F)c1)c1ccncc1OC. The highest BCUT2D eigenvalue weighted by molar-refractivity contribution is 5.34. The minimum atomic E-state index is -0.214. The zero-order chi connectivity index (χ0) is 13.7. The summed E-state index contributed by atoms with van der Waals surface area (Å²) < 4.78 is 18.5. The van der Waals surface area contributed by atoms with Crippen LogP contribution in [0, 0.1) is 5.82 Å². The Morgan fingerprint density at radius 3 is 2.89 bits per heavy atom. The van der Waals surface area contributed by atoms with Crippen molar-refractivity contribution in [3.63, 3.8) is 0 Å². The van der Waals surface area contributed by atoms with Gasteiger partial charge in [-0.1, -0.05) is 12.1 Å². The van der Waals surface area contributed by atoms with E-state index in [1.165, 1.54) is 6.07 Å². The topological polar surface area (TPSA) is 34.2 Å². The molecule has 2 aromatic rings. The molecule has 0 aliphatic heterocycles. The Balaban J connectivity index is 2.25. The fourth-order valence-corrected chi connectivity index (χ4v) is 2.12. The van der Waals surface area contributed by atoms with E-state index in [-0.39, 0.29) is 11.9 Å². The number of halogens is 1. The summed E-state index contributed by atoms with van der Waals surface area (Å²) in [7, 11) is 3.50. The number of ether oxygens (including phenoxy) is 1. The number of likely N-dealkylation sites (N-methyl/N-ethyl adjacent to an activating group) is 1. The van der Waals surface area contributed by atoms with Crippen molar-refractivity contribution < 1.29 is 9.13 Å². The van der Waals surface area contributed by atoms with Crippen LogP contribution in [0.5, 0.6) is 5.75 Å². The van der Waals surface area contributed by atoms with Crippen LogP contribution >= 0.6 is 0 Å². The second-order valence-corrected chi connectivity index (χ2v) is 4.29. The van der Waals surface area contributed by atoms with Crippen molar-refractivity contribution >= 4 is 0 Å². The molecule has 1 unspecified atom stereocenters. The first-order valence-corrected chi connectivity index (χ1v) is 6.14. The number of rotatable bonds is 5. The highest BCUT2D eigenvalue weighted by atomic mass is 19.1. The van der Waals surface area contributed by atoms with E-state index in [0.717, 1.165) is 16.9 Å². The maximum absolute atomic E-state index is 13.2. The first-order valence-electron chi connectivity index (χ1n) is 6.14. The number of nitrogens with zero attached hydrogens (tertiary/aromatic N) is 1. The van der Waals surface area contributed by atoms with Crippen molar-refractivity contribution in [1.82, 2.24) is 10.3 Å².